The first kappa shape index (κ1) is 20.5. The Morgan fingerprint density at radius 2 is 1.59 bits per heavy atom. The summed E-state index contributed by atoms with van der Waals surface area (Å²) in [7, 11) is -4.30. The number of rotatable bonds is 6. The number of aryl methyl sites for hydroxylation is 1. The van der Waals surface area contributed by atoms with Crippen molar-refractivity contribution in [3.8, 4) is 0 Å². The van der Waals surface area contributed by atoms with Gasteiger partial charge in [0.25, 0.3) is 21.4 Å². The van der Waals surface area contributed by atoms with Crippen molar-refractivity contribution in [2.45, 2.75) is 28.5 Å². The van der Waals surface area contributed by atoms with Crippen LogP contribution in [0, 0.1) is 34.1 Å². The minimum absolute atomic E-state index is 0.0579. The molecule has 1 heterocycles. The van der Waals surface area contributed by atoms with Gasteiger partial charge in [-0.15, -0.1) is 0 Å². The predicted molar refractivity (Wildman–Crippen MR) is 105 cm³/mol. The van der Waals surface area contributed by atoms with Gasteiger partial charge in [-0.3, -0.25) is 20.2 Å². The smallest absolute Gasteiger partial charge is 0.258 e. The van der Waals surface area contributed by atoms with E-state index < -0.39 is 30.5 Å². The highest BCUT2D eigenvalue weighted by Gasteiger charge is 2.30. The lowest BCUT2D eigenvalue weighted by Crippen LogP contribution is -2.17. The van der Waals surface area contributed by atoms with Crippen LogP contribution in [-0.4, -0.2) is 27.5 Å². The minimum atomic E-state index is -4.30. The monoisotopic (exact) mass is 434 g/mol. The zero-order valence-electron chi connectivity index (χ0n) is 15.2. The fourth-order valence-corrected chi connectivity index (χ4v) is 5.17. The number of benzene rings is 2. The van der Waals surface area contributed by atoms with Gasteiger partial charge in [-0.1, -0.05) is 23.9 Å². The van der Waals surface area contributed by atoms with E-state index in [0.717, 1.165) is 16.2 Å². The Morgan fingerprint density at radius 3 is 2.17 bits per heavy atom. The Labute approximate surface area is 169 Å². The standard InChI is InChI=1S/C17H14N4O6S2/c1-11-17(28-14-9-7-13(8-10-14)20(22)23)12(2)19(18-11)29(26,27)16-6-4-3-5-15(16)21(24)25/h3-10H,1-2H3. The molecule has 0 N–H and O–H groups in total. The third kappa shape index (κ3) is 3.84. The van der Waals surface area contributed by atoms with E-state index in [2.05, 4.69) is 5.10 Å². The Hall–Kier alpha value is -3.25. The molecule has 0 saturated carbocycles. The summed E-state index contributed by atoms with van der Waals surface area (Å²) in [5, 5.41) is 26.1. The van der Waals surface area contributed by atoms with Crippen LogP contribution in [0.5, 0.6) is 0 Å². The lowest BCUT2D eigenvalue weighted by atomic mass is 10.3. The van der Waals surface area contributed by atoms with Crippen molar-refractivity contribution >= 4 is 33.2 Å². The predicted octanol–water partition coefficient (Wildman–Crippen LogP) is 3.70. The van der Waals surface area contributed by atoms with Crippen molar-refractivity contribution in [1.82, 2.24) is 9.19 Å². The molecule has 0 aliphatic heterocycles. The third-order valence-electron chi connectivity index (χ3n) is 4.02. The van der Waals surface area contributed by atoms with Gasteiger partial charge in [0.15, 0.2) is 4.90 Å². The lowest BCUT2D eigenvalue weighted by molar-refractivity contribution is -0.387. The van der Waals surface area contributed by atoms with Crippen LogP contribution in [0.3, 0.4) is 0 Å². The highest BCUT2D eigenvalue weighted by molar-refractivity contribution is 7.99. The van der Waals surface area contributed by atoms with Crippen molar-refractivity contribution < 1.29 is 18.3 Å². The average Bonchev–Trinajstić information content (AvgIpc) is 2.97. The van der Waals surface area contributed by atoms with E-state index in [4.69, 9.17) is 0 Å². The number of para-hydroxylation sites is 1. The zero-order chi connectivity index (χ0) is 21.3. The maximum atomic E-state index is 13.0. The van der Waals surface area contributed by atoms with E-state index in [1.54, 1.807) is 26.0 Å². The molecular weight excluding hydrogens is 420 g/mol. The first-order valence-electron chi connectivity index (χ1n) is 8.10. The summed E-state index contributed by atoms with van der Waals surface area (Å²) in [6.07, 6.45) is 0. The second-order valence-electron chi connectivity index (χ2n) is 5.93. The number of nitrogens with zero attached hydrogens (tertiary/aromatic N) is 4. The van der Waals surface area contributed by atoms with Crippen molar-refractivity contribution in [2.75, 3.05) is 0 Å². The topological polar surface area (TPSA) is 138 Å². The molecule has 0 unspecified atom stereocenters. The van der Waals surface area contributed by atoms with Crippen molar-refractivity contribution in [3.05, 3.63) is 80.1 Å². The van der Waals surface area contributed by atoms with Crippen molar-refractivity contribution in [1.29, 1.82) is 0 Å². The van der Waals surface area contributed by atoms with E-state index in [1.165, 1.54) is 36.0 Å². The lowest BCUT2D eigenvalue weighted by Gasteiger charge is -2.07. The van der Waals surface area contributed by atoms with Crippen molar-refractivity contribution in [3.63, 3.8) is 0 Å². The fourth-order valence-electron chi connectivity index (χ4n) is 2.66. The van der Waals surface area contributed by atoms with Crippen LogP contribution in [0.2, 0.25) is 0 Å². The van der Waals surface area contributed by atoms with Gasteiger partial charge in [0.2, 0.25) is 0 Å². The van der Waals surface area contributed by atoms with E-state index in [-0.39, 0.29) is 11.4 Å². The molecule has 10 nitrogen and oxygen atoms in total. The molecule has 12 heteroatoms. The number of hydrogen-bond acceptors (Lipinski definition) is 8. The maximum Gasteiger partial charge on any atom is 0.290 e. The molecule has 0 aliphatic carbocycles. The average molecular weight is 434 g/mol. The summed E-state index contributed by atoms with van der Waals surface area (Å²) < 4.78 is 26.8. The molecule has 0 bridgehead atoms. The Morgan fingerprint density at radius 1 is 0.966 bits per heavy atom. The van der Waals surface area contributed by atoms with Crippen LogP contribution in [0.1, 0.15) is 11.4 Å². The van der Waals surface area contributed by atoms with Gasteiger partial charge in [0, 0.05) is 23.1 Å². The van der Waals surface area contributed by atoms with Crippen LogP contribution in [-0.2, 0) is 10.0 Å². The van der Waals surface area contributed by atoms with Crippen LogP contribution < -0.4 is 0 Å². The first-order valence-corrected chi connectivity index (χ1v) is 10.4. The van der Waals surface area contributed by atoms with E-state index in [9.17, 15) is 28.6 Å². The number of nitro groups is 2. The summed E-state index contributed by atoms with van der Waals surface area (Å²) in [5.74, 6) is 0. The highest BCUT2D eigenvalue weighted by Crippen LogP contribution is 2.35. The SMILES string of the molecule is Cc1nn(S(=O)(=O)c2ccccc2[N+](=O)[O-])c(C)c1Sc1ccc([N+](=O)[O-])cc1. The second kappa shape index (κ2) is 7.64. The molecule has 0 radical (unpaired) electrons. The second-order valence-corrected chi connectivity index (χ2v) is 8.75. The molecule has 29 heavy (non-hydrogen) atoms. The van der Waals surface area contributed by atoms with Gasteiger partial charge in [-0.25, -0.2) is 0 Å². The first-order chi connectivity index (χ1) is 13.6. The van der Waals surface area contributed by atoms with Gasteiger partial charge >= 0.3 is 0 Å². The van der Waals surface area contributed by atoms with Crippen LogP contribution >= 0.6 is 11.8 Å². The quantitative estimate of drug-likeness (QED) is 0.423. The summed E-state index contributed by atoms with van der Waals surface area (Å²) in [6.45, 7) is 3.16. The molecule has 0 atom stereocenters. The summed E-state index contributed by atoms with van der Waals surface area (Å²) in [6, 6.07) is 10.9. The van der Waals surface area contributed by atoms with Crippen molar-refractivity contribution in [2.24, 2.45) is 0 Å². The third-order valence-corrected chi connectivity index (χ3v) is 7.03. The minimum Gasteiger partial charge on any atom is -0.258 e. The van der Waals surface area contributed by atoms with Gasteiger partial charge in [0.1, 0.15) is 0 Å². The number of non-ortho nitro benzene ring substituents is 1. The molecule has 2 aromatic carbocycles. The summed E-state index contributed by atoms with van der Waals surface area (Å²) >= 11 is 1.20. The van der Waals surface area contributed by atoms with E-state index in [0.29, 0.717) is 15.5 Å². The van der Waals surface area contributed by atoms with Gasteiger partial charge in [-0.05, 0) is 32.0 Å². The highest BCUT2D eigenvalue weighted by atomic mass is 32.2. The van der Waals surface area contributed by atoms with Crippen LogP contribution in [0.4, 0.5) is 11.4 Å². The molecule has 3 aromatic rings. The Balaban J connectivity index is 2.03. The molecule has 0 saturated heterocycles. The molecule has 3 rings (SSSR count). The summed E-state index contributed by atoms with van der Waals surface area (Å²) in [4.78, 5) is 21.5. The zero-order valence-corrected chi connectivity index (χ0v) is 16.8. The molecule has 0 spiro atoms. The maximum absolute atomic E-state index is 13.0. The molecule has 1 aromatic heterocycles. The van der Waals surface area contributed by atoms with E-state index in [1.807, 2.05) is 0 Å². The molecule has 0 aliphatic rings. The Bertz CT molecular complexity index is 1220. The molecule has 0 amide bonds. The van der Waals surface area contributed by atoms with Gasteiger partial charge in [-0.2, -0.15) is 17.6 Å². The van der Waals surface area contributed by atoms with Crippen LogP contribution in [0.25, 0.3) is 0 Å². The molecule has 0 fully saturated rings. The van der Waals surface area contributed by atoms with Crippen LogP contribution in [0.15, 0.2) is 63.2 Å². The van der Waals surface area contributed by atoms with E-state index >= 15 is 0 Å². The number of nitro benzene ring substituents is 2. The largest absolute Gasteiger partial charge is 0.290 e. The van der Waals surface area contributed by atoms with Gasteiger partial charge < -0.3 is 0 Å². The molecule has 150 valence electrons. The molecular formula is C17H14N4O6S2. The Kier molecular flexibility index (Phi) is 5.40. The van der Waals surface area contributed by atoms with Gasteiger partial charge in [0.05, 0.1) is 26.1 Å². The number of hydrogen-bond donors (Lipinski definition) is 0. The normalized spacial score (nSPS) is 11.4. The summed E-state index contributed by atoms with van der Waals surface area (Å²) in [5.41, 5.74) is 0.0964. The fraction of sp³-hybridized carbons (Fsp3) is 0.118. The number of aromatic nitrogens is 2.